The minimum absolute atomic E-state index is 0.429. The first-order valence-corrected chi connectivity index (χ1v) is 7.90. The number of nitrogens with one attached hydrogen (secondary N) is 1. The third-order valence-corrected chi connectivity index (χ3v) is 3.52. The molecule has 2 rings (SSSR count). The fraction of sp³-hybridized carbons (Fsp3) is 0.111. The Labute approximate surface area is 150 Å². The average Bonchev–Trinajstić information content (AvgIpc) is 2.55. The number of anilines is 1. The molecule has 0 fully saturated rings. The van der Waals surface area contributed by atoms with Crippen LogP contribution in [0.4, 0.5) is 5.69 Å². The molecule has 0 saturated carbocycles. The summed E-state index contributed by atoms with van der Waals surface area (Å²) in [4.78, 5) is 23.8. The quantitative estimate of drug-likeness (QED) is 0.624. The average molecular weight is 364 g/mol. The second-order valence-electron chi connectivity index (χ2n) is 4.96. The van der Waals surface area contributed by atoms with Crippen LogP contribution in [0, 0.1) is 0 Å². The Kier molecular flexibility index (Phi) is 6.41. The molecule has 1 atom stereocenters. The highest BCUT2D eigenvalue weighted by molar-refractivity contribution is 6.31. The van der Waals surface area contributed by atoms with Gasteiger partial charge in [-0.3, -0.25) is 4.79 Å². The Balaban J connectivity index is 1.88. The van der Waals surface area contributed by atoms with Crippen molar-refractivity contribution in [2.75, 3.05) is 5.32 Å². The van der Waals surface area contributed by atoms with Gasteiger partial charge in [-0.1, -0.05) is 35.3 Å². The van der Waals surface area contributed by atoms with E-state index in [0.29, 0.717) is 15.7 Å². The van der Waals surface area contributed by atoms with E-state index in [-0.39, 0.29) is 0 Å². The molecule has 0 spiro atoms. The molecule has 24 heavy (non-hydrogen) atoms. The number of rotatable bonds is 5. The largest absolute Gasteiger partial charge is 0.449 e. The van der Waals surface area contributed by atoms with Crippen LogP contribution in [0.3, 0.4) is 0 Å². The van der Waals surface area contributed by atoms with Gasteiger partial charge in [-0.2, -0.15) is 0 Å². The first-order valence-electron chi connectivity index (χ1n) is 7.15. The predicted molar refractivity (Wildman–Crippen MR) is 96.1 cm³/mol. The summed E-state index contributed by atoms with van der Waals surface area (Å²) in [5, 5.41) is 3.78. The zero-order valence-corrected chi connectivity index (χ0v) is 14.3. The van der Waals surface area contributed by atoms with Gasteiger partial charge in [0, 0.05) is 21.8 Å². The lowest BCUT2D eigenvalue weighted by Crippen LogP contribution is -2.29. The maximum atomic E-state index is 12.0. The number of benzene rings is 2. The molecule has 6 heteroatoms. The van der Waals surface area contributed by atoms with Crippen LogP contribution < -0.4 is 5.32 Å². The zero-order chi connectivity index (χ0) is 17.5. The van der Waals surface area contributed by atoms with Gasteiger partial charge in [-0.25, -0.2) is 4.79 Å². The van der Waals surface area contributed by atoms with Crippen LogP contribution in [-0.4, -0.2) is 18.0 Å². The number of hydrogen-bond donors (Lipinski definition) is 1. The maximum Gasteiger partial charge on any atom is 0.331 e. The highest BCUT2D eigenvalue weighted by Crippen LogP contribution is 2.14. The van der Waals surface area contributed by atoms with Gasteiger partial charge in [0.05, 0.1) is 0 Å². The summed E-state index contributed by atoms with van der Waals surface area (Å²) in [6, 6.07) is 13.6. The van der Waals surface area contributed by atoms with Gasteiger partial charge in [0.1, 0.15) is 0 Å². The van der Waals surface area contributed by atoms with Crippen LogP contribution in [0.2, 0.25) is 10.0 Å². The van der Waals surface area contributed by atoms with Crippen molar-refractivity contribution in [2.45, 2.75) is 13.0 Å². The lowest BCUT2D eigenvalue weighted by Gasteiger charge is -2.12. The van der Waals surface area contributed by atoms with Gasteiger partial charge >= 0.3 is 5.97 Å². The van der Waals surface area contributed by atoms with Crippen molar-refractivity contribution in [3.8, 4) is 0 Å². The van der Waals surface area contributed by atoms with Crippen LogP contribution in [0.5, 0.6) is 0 Å². The molecule has 2 aromatic carbocycles. The van der Waals surface area contributed by atoms with Gasteiger partial charge in [-0.05, 0) is 55.0 Å². The molecule has 0 bridgehead atoms. The van der Waals surface area contributed by atoms with Crippen molar-refractivity contribution < 1.29 is 14.3 Å². The van der Waals surface area contributed by atoms with Gasteiger partial charge < -0.3 is 10.1 Å². The Bertz CT molecular complexity index is 757. The van der Waals surface area contributed by atoms with Crippen molar-refractivity contribution >= 4 is 46.8 Å². The van der Waals surface area contributed by atoms with Crippen LogP contribution in [-0.2, 0) is 14.3 Å². The zero-order valence-electron chi connectivity index (χ0n) is 12.8. The highest BCUT2D eigenvalue weighted by Gasteiger charge is 2.16. The van der Waals surface area contributed by atoms with Crippen LogP contribution in [0.15, 0.2) is 54.6 Å². The molecule has 4 nitrogen and oxygen atoms in total. The van der Waals surface area contributed by atoms with Crippen molar-refractivity contribution in [3.05, 3.63) is 70.2 Å². The molecular formula is C18H15Cl2NO3. The summed E-state index contributed by atoms with van der Waals surface area (Å²) in [7, 11) is 0. The Morgan fingerprint density at radius 1 is 1.08 bits per heavy atom. The second-order valence-corrected chi connectivity index (χ2v) is 5.84. The fourth-order valence-corrected chi connectivity index (χ4v) is 2.14. The van der Waals surface area contributed by atoms with Gasteiger partial charge in [0.15, 0.2) is 6.10 Å². The third-order valence-electron chi connectivity index (χ3n) is 3.03. The Morgan fingerprint density at radius 2 is 1.79 bits per heavy atom. The fourth-order valence-electron chi connectivity index (χ4n) is 1.82. The molecule has 0 aliphatic carbocycles. The van der Waals surface area contributed by atoms with Crippen LogP contribution in [0.25, 0.3) is 6.08 Å². The smallest absolute Gasteiger partial charge is 0.331 e. The van der Waals surface area contributed by atoms with E-state index in [0.717, 1.165) is 5.56 Å². The van der Waals surface area contributed by atoms with Gasteiger partial charge in [0.25, 0.3) is 5.91 Å². The minimum atomic E-state index is -0.933. The summed E-state index contributed by atoms with van der Waals surface area (Å²) in [5.74, 6) is -1.05. The highest BCUT2D eigenvalue weighted by atomic mass is 35.5. The number of esters is 1. The number of halogens is 2. The molecule has 1 amide bonds. The predicted octanol–water partition coefficient (Wildman–Crippen LogP) is 4.58. The Hall–Kier alpha value is -2.30. The van der Waals surface area contributed by atoms with Gasteiger partial charge in [0.2, 0.25) is 0 Å². The molecule has 124 valence electrons. The van der Waals surface area contributed by atoms with E-state index in [1.165, 1.54) is 13.0 Å². The first kappa shape index (κ1) is 18.0. The monoisotopic (exact) mass is 363 g/mol. The van der Waals surface area contributed by atoms with E-state index in [9.17, 15) is 9.59 Å². The van der Waals surface area contributed by atoms with Crippen LogP contribution in [0.1, 0.15) is 12.5 Å². The molecule has 1 N–H and O–H groups in total. The lowest BCUT2D eigenvalue weighted by atomic mass is 10.2. The van der Waals surface area contributed by atoms with Crippen molar-refractivity contribution in [2.24, 2.45) is 0 Å². The SMILES string of the molecule is C[C@@H](OC(=O)/C=C/c1cccc(Cl)c1)C(=O)Nc1ccc(Cl)cc1. The van der Waals surface area contributed by atoms with E-state index < -0.39 is 18.0 Å². The van der Waals surface area contributed by atoms with Crippen molar-refractivity contribution in [1.82, 2.24) is 0 Å². The molecule has 0 saturated heterocycles. The van der Waals surface area contributed by atoms with Crippen molar-refractivity contribution in [3.63, 3.8) is 0 Å². The lowest BCUT2D eigenvalue weighted by molar-refractivity contribution is -0.148. The minimum Gasteiger partial charge on any atom is -0.449 e. The number of ether oxygens (including phenoxy) is 1. The molecule has 0 unspecified atom stereocenters. The first-order chi connectivity index (χ1) is 11.4. The molecule has 2 aromatic rings. The standard InChI is InChI=1S/C18H15Cl2NO3/c1-12(18(23)21-16-8-6-14(19)7-9-16)24-17(22)10-5-13-3-2-4-15(20)11-13/h2-12H,1H3,(H,21,23)/b10-5+/t12-/m1/s1. The summed E-state index contributed by atoms with van der Waals surface area (Å²) < 4.78 is 5.06. The summed E-state index contributed by atoms with van der Waals surface area (Å²) in [6.45, 7) is 1.50. The van der Waals surface area contributed by atoms with Crippen molar-refractivity contribution in [1.29, 1.82) is 0 Å². The number of amides is 1. The topological polar surface area (TPSA) is 55.4 Å². The van der Waals surface area contributed by atoms with E-state index in [2.05, 4.69) is 5.32 Å². The number of carbonyl (C=O) groups is 2. The molecule has 0 radical (unpaired) electrons. The maximum absolute atomic E-state index is 12.0. The summed E-state index contributed by atoms with van der Waals surface area (Å²) in [5.41, 5.74) is 1.33. The van der Waals surface area contributed by atoms with E-state index in [4.69, 9.17) is 27.9 Å². The number of hydrogen-bond acceptors (Lipinski definition) is 3. The molecule has 0 aromatic heterocycles. The number of carbonyl (C=O) groups excluding carboxylic acids is 2. The van der Waals surface area contributed by atoms with E-state index in [1.807, 2.05) is 0 Å². The summed E-state index contributed by atoms with van der Waals surface area (Å²) in [6.07, 6.45) is 1.88. The van der Waals surface area contributed by atoms with Crippen LogP contribution >= 0.6 is 23.2 Å². The van der Waals surface area contributed by atoms with E-state index >= 15 is 0 Å². The molecule has 0 heterocycles. The summed E-state index contributed by atoms with van der Waals surface area (Å²) >= 11 is 11.6. The third kappa shape index (κ3) is 5.72. The molecule has 0 aliphatic heterocycles. The normalized spacial score (nSPS) is 12.0. The van der Waals surface area contributed by atoms with Gasteiger partial charge in [-0.15, -0.1) is 0 Å². The Morgan fingerprint density at radius 3 is 2.46 bits per heavy atom. The second kappa shape index (κ2) is 8.52. The molecule has 0 aliphatic rings. The van der Waals surface area contributed by atoms with E-state index in [1.54, 1.807) is 54.6 Å². The molecular weight excluding hydrogens is 349 g/mol.